The number of anilines is 1. The SMILES string of the molecule is C[C@@H](COc1ccnc2c1[C@H](C)CCC2)C[C@@H]1Cc2ccc(CNCc3ccccc3)cc2C12CCC(Nc1cccc(Cl)c1)(C(=O)O)CC2. The van der Waals surface area contributed by atoms with Gasteiger partial charge < -0.3 is 20.5 Å². The summed E-state index contributed by atoms with van der Waals surface area (Å²) in [6.45, 7) is 6.88. The highest BCUT2D eigenvalue weighted by molar-refractivity contribution is 6.30. The maximum atomic E-state index is 13.0. The van der Waals surface area contributed by atoms with Crippen LogP contribution in [0, 0.1) is 11.8 Å². The Bertz CT molecular complexity index is 1800. The van der Waals surface area contributed by atoms with Crippen LogP contribution in [0.2, 0.25) is 5.02 Å². The average molecular weight is 692 g/mol. The molecule has 3 aliphatic carbocycles. The summed E-state index contributed by atoms with van der Waals surface area (Å²) in [4.78, 5) is 17.7. The van der Waals surface area contributed by atoms with Crippen molar-refractivity contribution in [2.45, 2.75) is 102 Å². The highest BCUT2D eigenvalue weighted by atomic mass is 35.5. The zero-order valence-corrected chi connectivity index (χ0v) is 30.1. The summed E-state index contributed by atoms with van der Waals surface area (Å²) in [5, 5.41) is 18.3. The molecule has 3 N–H and O–H groups in total. The van der Waals surface area contributed by atoms with Crippen LogP contribution in [0.5, 0.6) is 5.75 Å². The highest BCUT2D eigenvalue weighted by Crippen LogP contribution is 2.56. The monoisotopic (exact) mass is 691 g/mol. The van der Waals surface area contributed by atoms with Crippen LogP contribution in [0.1, 0.15) is 98.2 Å². The van der Waals surface area contributed by atoms with Gasteiger partial charge in [-0.1, -0.05) is 80.0 Å². The number of pyridine rings is 1. The Labute approximate surface area is 302 Å². The average Bonchev–Trinajstić information content (AvgIpc) is 3.40. The number of carboxylic acids is 1. The molecule has 1 aromatic heterocycles. The molecule has 0 radical (unpaired) electrons. The zero-order valence-electron chi connectivity index (χ0n) is 29.4. The molecule has 1 spiro atoms. The number of nitrogens with zero attached hydrogens (tertiary/aromatic N) is 1. The summed E-state index contributed by atoms with van der Waals surface area (Å²) in [5.74, 6) is 1.43. The molecular formula is C43H50ClN3O3. The fourth-order valence-corrected chi connectivity index (χ4v) is 9.39. The molecule has 4 aromatic rings. The van der Waals surface area contributed by atoms with Gasteiger partial charge in [-0.2, -0.15) is 0 Å². The van der Waals surface area contributed by atoms with Crippen molar-refractivity contribution in [1.29, 1.82) is 0 Å². The van der Waals surface area contributed by atoms with Crippen LogP contribution in [0.3, 0.4) is 0 Å². The van der Waals surface area contributed by atoms with Crippen LogP contribution in [0.15, 0.2) is 85.1 Å². The molecule has 0 aliphatic heterocycles. The number of carbonyl (C=O) groups is 1. The van der Waals surface area contributed by atoms with E-state index in [1.165, 1.54) is 46.4 Å². The number of rotatable bonds is 12. The first-order valence-electron chi connectivity index (χ1n) is 18.5. The normalized spacial score (nSPS) is 24.7. The molecule has 3 aromatic carbocycles. The molecule has 3 atom stereocenters. The van der Waals surface area contributed by atoms with Gasteiger partial charge in [0.2, 0.25) is 0 Å². The molecule has 1 heterocycles. The van der Waals surface area contributed by atoms with E-state index in [4.69, 9.17) is 16.3 Å². The molecule has 0 saturated heterocycles. The Hall–Kier alpha value is -3.87. The van der Waals surface area contributed by atoms with Crippen molar-refractivity contribution in [3.05, 3.63) is 124 Å². The summed E-state index contributed by atoms with van der Waals surface area (Å²) in [6, 6.07) is 27.0. The number of aryl methyl sites for hydroxylation is 1. The van der Waals surface area contributed by atoms with Crippen molar-refractivity contribution in [3.63, 3.8) is 0 Å². The van der Waals surface area contributed by atoms with Crippen LogP contribution < -0.4 is 15.4 Å². The topological polar surface area (TPSA) is 83.5 Å². The molecule has 7 heteroatoms. The lowest BCUT2D eigenvalue weighted by Crippen LogP contribution is -2.53. The summed E-state index contributed by atoms with van der Waals surface area (Å²) >= 11 is 6.30. The minimum absolute atomic E-state index is 0.0850. The smallest absolute Gasteiger partial charge is 0.329 e. The van der Waals surface area contributed by atoms with E-state index in [0.717, 1.165) is 56.6 Å². The standard InChI is InChI=1S/C43H50ClN3O3/c1-29(28-50-39-16-21-46-38-13-6-8-30(2)40(38)39)22-34-24-33-15-14-32(27-45-26-31-9-4-3-5-10-31)23-37(33)42(34)17-19-43(20-18-42,41(48)49)47-36-12-7-11-35(44)25-36/h3-5,7,9-12,14-16,21,23,25,29-30,34,45,47H,6,8,13,17-20,22,24,26-28H2,1-2H3,(H,48,49)/t29-,30-,34-,42?,43?/m1/s1. The van der Waals surface area contributed by atoms with Gasteiger partial charge in [-0.05, 0) is 127 Å². The number of benzene rings is 3. The number of carboxylic acid groups (broad SMARTS) is 1. The van der Waals surface area contributed by atoms with E-state index >= 15 is 0 Å². The molecule has 262 valence electrons. The first-order valence-corrected chi connectivity index (χ1v) is 18.9. The van der Waals surface area contributed by atoms with E-state index in [9.17, 15) is 9.90 Å². The van der Waals surface area contributed by atoms with Crippen molar-refractivity contribution < 1.29 is 14.6 Å². The van der Waals surface area contributed by atoms with E-state index in [-0.39, 0.29) is 5.41 Å². The Balaban J connectivity index is 1.11. The number of hydrogen-bond donors (Lipinski definition) is 3. The van der Waals surface area contributed by atoms with Gasteiger partial charge in [-0.3, -0.25) is 4.98 Å². The van der Waals surface area contributed by atoms with Crippen LogP contribution >= 0.6 is 11.6 Å². The minimum Gasteiger partial charge on any atom is -0.493 e. The predicted molar refractivity (Wildman–Crippen MR) is 201 cm³/mol. The van der Waals surface area contributed by atoms with E-state index < -0.39 is 11.5 Å². The second-order valence-corrected chi connectivity index (χ2v) is 15.7. The number of aliphatic carboxylic acids is 1. The van der Waals surface area contributed by atoms with Crippen molar-refractivity contribution in [2.24, 2.45) is 11.8 Å². The van der Waals surface area contributed by atoms with Gasteiger partial charge in [-0.25, -0.2) is 4.79 Å². The van der Waals surface area contributed by atoms with E-state index in [1.54, 1.807) is 0 Å². The first-order chi connectivity index (χ1) is 24.2. The molecular weight excluding hydrogens is 642 g/mol. The maximum Gasteiger partial charge on any atom is 0.329 e. The summed E-state index contributed by atoms with van der Waals surface area (Å²) in [6.07, 6.45) is 10.1. The Morgan fingerprint density at radius 1 is 1.00 bits per heavy atom. The second kappa shape index (κ2) is 14.8. The zero-order chi connectivity index (χ0) is 34.7. The molecule has 1 saturated carbocycles. The number of ether oxygens (including phenoxy) is 1. The third-order valence-electron chi connectivity index (χ3n) is 11.9. The van der Waals surface area contributed by atoms with Crippen molar-refractivity contribution in [3.8, 4) is 5.75 Å². The van der Waals surface area contributed by atoms with E-state index in [1.807, 2.05) is 42.6 Å². The highest BCUT2D eigenvalue weighted by Gasteiger charge is 2.54. The summed E-state index contributed by atoms with van der Waals surface area (Å²) in [7, 11) is 0. The molecule has 7 rings (SSSR count). The molecule has 1 fully saturated rings. The summed E-state index contributed by atoms with van der Waals surface area (Å²) < 4.78 is 6.59. The number of aromatic nitrogens is 1. The van der Waals surface area contributed by atoms with Gasteiger partial charge in [0.25, 0.3) is 0 Å². The molecule has 0 unspecified atom stereocenters. The molecule has 50 heavy (non-hydrogen) atoms. The van der Waals surface area contributed by atoms with Crippen LogP contribution in [-0.2, 0) is 36.1 Å². The van der Waals surface area contributed by atoms with Crippen LogP contribution in [0.25, 0.3) is 0 Å². The number of halogens is 1. The summed E-state index contributed by atoms with van der Waals surface area (Å²) in [5.41, 5.74) is 7.52. The van der Waals surface area contributed by atoms with Gasteiger partial charge in [0.1, 0.15) is 11.3 Å². The first kappa shape index (κ1) is 34.6. The van der Waals surface area contributed by atoms with E-state index in [0.29, 0.717) is 42.2 Å². The molecule has 0 bridgehead atoms. The lowest BCUT2D eigenvalue weighted by Gasteiger charge is -2.47. The predicted octanol–water partition coefficient (Wildman–Crippen LogP) is 9.49. The van der Waals surface area contributed by atoms with Crippen molar-refractivity contribution in [2.75, 3.05) is 11.9 Å². The molecule has 6 nitrogen and oxygen atoms in total. The maximum absolute atomic E-state index is 13.0. The Morgan fingerprint density at radius 2 is 1.80 bits per heavy atom. The van der Waals surface area contributed by atoms with Crippen LogP contribution in [0.4, 0.5) is 5.69 Å². The second-order valence-electron chi connectivity index (χ2n) is 15.3. The Morgan fingerprint density at radius 3 is 2.58 bits per heavy atom. The van der Waals surface area contributed by atoms with Crippen molar-refractivity contribution in [1.82, 2.24) is 10.3 Å². The number of hydrogen-bond acceptors (Lipinski definition) is 5. The van der Waals surface area contributed by atoms with Gasteiger partial charge in [-0.15, -0.1) is 0 Å². The lowest BCUT2D eigenvalue weighted by atomic mass is 9.59. The quantitative estimate of drug-likeness (QED) is 0.137. The number of fused-ring (bicyclic) bond motifs is 3. The van der Waals surface area contributed by atoms with Crippen molar-refractivity contribution >= 4 is 23.3 Å². The Kier molecular flexibility index (Phi) is 10.2. The lowest BCUT2D eigenvalue weighted by molar-refractivity contribution is -0.144. The number of nitrogens with one attached hydrogen (secondary N) is 2. The third-order valence-corrected chi connectivity index (χ3v) is 12.1. The van der Waals surface area contributed by atoms with Gasteiger partial charge in [0.15, 0.2) is 0 Å². The molecule has 0 amide bonds. The fraction of sp³-hybridized carbons (Fsp3) is 0.442. The van der Waals surface area contributed by atoms with Gasteiger partial charge in [0.05, 0.1) is 6.61 Å². The van der Waals surface area contributed by atoms with Crippen LogP contribution in [-0.4, -0.2) is 28.2 Å². The van der Waals surface area contributed by atoms with Gasteiger partial charge in [0, 0.05) is 41.3 Å². The minimum atomic E-state index is -1.04. The third kappa shape index (κ3) is 7.15. The van der Waals surface area contributed by atoms with Gasteiger partial charge >= 0.3 is 5.97 Å². The fourth-order valence-electron chi connectivity index (χ4n) is 9.20. The largest absolute Gasteiger partial charge is 0.493 e. The van der Waals surface area contributed by atoms with E-state index in [2.05, 4.69) is 71.9 Å². The molecule has 3 aliphatic rings.